The quantitative estimate of drug-likeness (QED) is 0.457. The molecule has 2 amide bonds. The zero-order valence-corrected chi connectivity index (χ0v) is 21.4. The van der Waals surface area contributed by atoms with E-state index in [1.807, 2.05) is 29.2 Å². The second-order valence-electron chi connectivity index (χ2n) is 10.8. The van der Waals surface area contributed by atoms with E-state index in [9.17, 15) is 14.7 Å². The van der Waals surface area contributed by atoms with E-state index in [0.29, 0.717) is 18.2 Å². The van der Waals surface area contributed by atoms with Gasteiger partial charge >= 0.3 is 12.0 Å². The summed E-state index contributed by atoms with van der Waals surface area (Å²) in [5.74, 6) is 0.237. The highest BCUT2D eigenvalue weighted by atomic mass is 16.5. The van der Waals surface area contributed by atoms with Crippen LogP contribution in [0.3, 0.4) is 0 Å². The molecule has 1 atom stereocenters. The number of ether oxygens (including phenoxy) is 1. The number of hydrogen-bond donors (Lipinski definition) is 1. The summed E-state index contributed by atoms with van der Waals surface area (Å²) in [6.45, 7) is 9.68. The van der Waals surface area contributed by atoms with Crippen LogP contribution in [0.2, 0.25) is 0 Å². The third-order valence-electron chi connectivity index (χ3n) is 7.30. The molecule has 2 aromatic carbocycles. The van der Waals surface area contributed by atoms with Crippen LogP contribution < -0.4 is 4.74 Å². The van der Waals surface area contributed by atoms with Crippen molar-refractivity contribution in [2.24, 2.45) is 5.92 Å². The summed E-state index contributed by atoms with van der Waals surface area (Å²) in [5.41, 5.74) is 3.67. The summed E-state index contributed by atoms with van der Waals surface area (Å²) in [4.78, 5) is 28.7. The van der Waals surface area contributed by atoms with Crippen LogP contribution >= 0.6 is 0 Å². The number of carbonyl (C=O) groups excluding carboxylic acids is 1. The van der Waals surface area contributed by atoms with Crippen LogP contribution in [0.4, 0.5) is 4.79 Å². The standard InChI is InChI=1S/C29H38N2O4/c1-20-8-9-24(16-21(20)2)17-30-19-25(31(28(30)34)18-23-10-11-23)7-5-6-22-12-14-26(15-13-22)35-29(3,4)27(32)33/h8-9,12-16,23,25H,5-7,10-11,17-19H2,1-4H3,(H,32,33). The van der Waals surface area contributed by atoms with Gasteiger partial charge in [-0.15, -0.1) is 0 Å². The molecule has 4 rings (SSSR count). The summed E-state index contributed by atoms with van der Waals surface area (Å²) in [5, 5.41) is 9.24. The molecule has 1 saturated carbocycles. The SMILES string of the molecule is Cc1ccc(CN2CC(CCCc3ccc(OC(C)(C)C(=O)O)cc3)N(CC3CC3)C2=O)cc1C. The topological polar surface area (TPSA) is 70.1 Å². The van der Waals surface area contributed by atoms with Gasteiger partial charge in [0.25, 0.3) is 0 Å². The average molecular weight is 479 g/mol. The van der Waals surface area contributed by atoms with E-state index in [4.69, 9.17) is 4.74 Å². The predicted octanol–water partition coefficient (Wildman–Crippen LogP) is 5.58. The van der Waals surface area contributed by atoms with Crippen LogP contribution in [0.25, 0.3) is 0 Å². The van der Waals surface area contributed by atoms with Crippen molar-refractivity contribution in [3.8, 4) is 5.75 Å². The molecule has 2 aromatic rings. The summed E-state index contributed by atoms with van der Waals surface area (Å²) >= 11 is 0. The first-order valence-corrected chi connectivity index (χ1v) is 12.8. The van der Waals surface area contributed by atoms with Crippen LogP contribution in [-0.2, 0) is 17.8 Å². The summed E-state index contributed by atoms with van der Waals surface area (Å²) in [6, 6.07) is 14.6. The lowest BCUT2D eigenvalue weighted by molar-refractivity contribution is -0.152. The number of aliphatic carboxylic acids is 1. The molecule has 2 fully saturated rings. The molecule has 1 saturated heterocycles. The average Bonchev–Trinajstić information content (AvgIpc) is 3.58. The summed E-state index contributed by atoms with van der Waals surface area (Å²) < 4.78 is 5.60. The lowest BCUT2D eigenvalue weighted by Gasteiger charge is -2.23. The zero-order valence-electron chi connectivity index (χ0n) is 21.4. The maximum Gasteiger partial charge on any atom is 0.347 e. The van der Waals surface area contributed by atoms with Crippen molar-refractivity contribution in [3.05, 3.63) is 64.7 Å². The van der Waals surface area contributed by atoms with Crippen molar-refractivity contribution in [2.45, 2.75) is 78.0 Å². The normalized spacial score (nSPS) is 18.3. The van der Waals surface area contributed by atoms with Gasteiger partial charge in [-0.1, -0.05) is 30.3 Å². The molecule has 1 aliphatic carbocycles. The number of amides is 2. The predicted molar refractivity (Wildman–Crippen MR) is 137 cm³/mol. The van der Waals surface area contributed by atoms with E-state index in [0.717, 1.165) is 32.4 Å². The van der Waals surface area contributed by atoms with E-state index in [-0.39, 0.29) is 12.1 Å². The van der Waals surface area contributed by atoms with Crippen molar-refractivity contribution in [2.75, 3.05) is 13.1 Å². The van der Waals surface area contributed by atoms with Crippen LogP contribution in [0.15, 0.2) is 42.5 Å². The minimum atomic E-state index is -1.26. The zero-order chi connectivity index (χ0) is 25.2. The molecule has 0 aromatic heterocycles. The van der Waals surface area contributed by atoms with Crippen LogP contribution in [0.1, 0.15) is 61.8 Å². The monoisotopic (exact) mass is 478 g/mol. The maximum atomic E-state index is 13.3. The number of rotatable bonds is 11. The van der Waals surface area contributed by atoms with Gasteiger partial charge in [-0.2, -0.15) is 0 Å². The summed E-state index contributed by atoms with van der Waals surface area (Å²) in [6.07, 6.45) is 5.37. The first-order chi connectivity index (χ1) is 16.6. The third-order valence-corrected chi connectivity index (χ3v) is 7.30. The Morgan fingerprint density at radius 1 is 1.06 bits per heavy atom. The minimum absolute atomic E-state index is 0.183. The van der Waals surface area contributed by atoms with Crippen molar-refractivity contribution >= 4 is 12.0 Å². The largest absolute Gasteiger partial charge is 0.478 e. The van der Waals surface area contributed by atoms with Gasteiger partial charge in [0, 0.05) is 19.6 Å². The second kappa shape index (κ2) is 10.3. The molecule has 6 nitrogen and oxygen atoms in total. The molecule has 188 valence electrons. The molecule has 0 radical (unpaired) electrons. The van der Waals surface area contributed by atoms with E-state index in [2.05, 4.69) is 36.9 Å². The lowest BCUT2D eigenvalue weighted by Crippen LogP contribution is -2.37. The molecule has 1 heterocycles. The van der Waals surface area contributed by atoms with Crippen molar-refractivity contribution < 1.29 is 19.4 Å². The smallest absolute Gasteiger partial charge is 0.347 e. The van der Waals surface area contributed by atoms with E-state index in [1.54, 1.807) is 13.8 Å². The fourth-order valence-corrected chi connectivity index (χ4v) is 4.68. The number of hydrogen-bond acceptors (Lipinski definition) is 3. The number of benzene rings is 2. The van der Waals surface area contributed by atoms with E-state index < -0.39 is 11.6 Å². The number of carboxylic acids is 1. The molecule has 0 bridgehead atoms. The number of nitrogens with zero attached hydrogens (tertiary/aromatic N) is 2. The number of carbonyl (C=O) groups is 2. The molecule has 1 N–H and O–H groups in total. The highest BCUT2D eigenvalue weighted by Gasteiger charge is 2.39. The van der Waals surface area contributed by atoms with Gasteiger partial charge in [0.15, 0.2) is 5.60 Å². The van der Waals surface area contributed by atoms with Gasteiger partial charge in [0.2, 0.25) is 0 Å². The van der Waals surface area contributed by atoms with Gasteiger partial charge in [-0.3, -0.25) is 0 Å². The molecule has 1 aliphatic heterocycles. The van der Waals surface area contributed by atoms with Gasteiger partial charge in [0.1, 0.15) is 5.75 Å². The van der Waals surface area contributed by atoms with Crippen molar-refractivity contribution in [3.63, 3.8) is 0 Å². The highest BCUT2D eigenvalue weighted by Crippen LogP contribution is 2.33. The summed E-state index contributed by atoms with van der Waals surface area (Å²) in [7, 11) is 0. The molecule has 35 heavy (non-hydrogen) atoms. The first kappa shape index (κ1) is 25.1. The third kappa shape index (κ3) is 6.36. The highest BCUT2D eigenvalue weighted by molar-refractivity contribution is 5.77. The van der Waals surface area contributed by atoms with E-state index in [1.165, 1.54) is 35.1 Å². The molecule has 1 unspecified atom stereocenters. The lowest BCUT2D eigenvalue weighted by atomic mass is 10.0. The molecule has 6 heteroatoms. The number of aryl methyl sites for hydroxylation is 3. The van der Waals surface area contributed by atoms with Gasteiger partial charge in [-0.05, 0) is 100 Å². The molecule has 0 spiro atoms. The molecular weight excluding hydrogens is 440 g/mol. The first-order valence-electron chi connectivity index (χ1n) is 12.8. The molecule has 2 aliphatic rings. The van der Waals surface area contributed by atoms with Crippen molar-refractivity contribution in [1.29, 1.82) is 0 Å². The van der Waals surface area contributed by atoms with Crippen molar-refractivity contribution in [1.82, 2.24) is 9.80 Å². The van der Waals surface area contributed by atoms with E-state index >= 15 is 0 Å². The fourth-order valence-electron chi connectivity index (χ4n) is 4.68. The Balaban J connectivity index is 1.33. The molecular formula is C29H38N2O4. The Hall–Kier alpha value is -3.02. The van der Waals surface area contributed by atoms with Crippen LogP contribution in [0.5, 0.6) is 5.75 Å². The minimum Gasteiger partial charge on any atom is -0.478 e. The maximum absolute atomic E-state index is 13.3. The Labute approximate surface area is 208 Å². The Morgan fingerprint density at radius 2 is 1.74 bits per heavy atom. The van der Waals surface area contributed by atoms with Gasteiger partial charge < -0.3 is 19.6 Å². The Bertz CT molecular complexity index is 1060. The van der Waals surface area contributed by atoms with Gasteiger partial charge in [-0.25, -0.2) is 9.59 Å². The van der Waals surface area contributed by atoms with Gasteiger partial charge in [0.05, 0.1) is 6.04 Å². The Morgan fingerprint density at radius 3 is 2.37 bits per heavy atom. The van der Waals surface area contributed by atoms with Crippen LogP contribution in [0, 0.1) is 19.8 Å². The second-order valence-corrected chi connectivity index (χ2v) is 10.8. The Kier molecular flexibility index (Phi) is 7.39. The fraction of sp³-hybridized carbons (Fsp3) is 0.517. The van der Waals surface area contributed by atoms with Crippen LogP contribution in [-0.4, -0.2) is 51.6 Å². The number of carboxylic acid groups (broad SMARTS) is 1. The number of urea groups is 1.